The highest BCUT2D eigenvalue weighted by Crippen LogP contribution is 2.30. The van der Waals surface area contributed by atoms with Crippen LogP contribution in [0.2, 0.25) is 5.02 Å². The predicted molar refractivity (Wildman–Crippen MR) is 102 cm³/mol. The number of fused-ring (bicyclic) bond motifs is 1. The van der Waals surface area contributed by atoms with E-state index in [1.54, 1.807) is 22.7 Å². The lowest BCUT2D eigenvalue weighted by Crippen LogP contribution is -2.17. The quantitative estimate of drug-likeness (QED) is 0.597. The first-order valence-electron chi connectivity index (χ1n) is 8.19. The van der Waals surface area contributed by atoms with Gasteiger partial charge in [0.05, 0.1) is 5.69 Å². The second-order valence-corrected chi connectivity index (χ2v) is 8.29. The van der Waals surface area contributed by atoms with Crippen LogP contribution >= 0.6 is 11.6 Å². The lowest BCUT2D eigenvalue weighted by Gasteiger charge is -2.13. The van der Waals surface area contributed by atoms with Crippen LogP contribution in [-0.2, 0) is 14.8 Å². The summed E-state index contributed by atoms with van der Waals surface area (Å²) >= 11 is 5.93. The van der Waals surface area contributed by atoms with Crippen LogP contribution in [0.1, 0.15) is 25.6 Å². The van der Waals surface area contributed by atoms with E-state index in [0.717, 1.165) is 0 Å². The maximum absolute atomic E-state index is 12.9. The number of rotatable bonds is 7. The molecule has 2 N–H and O–H groups in total. The van der Waals surface area contributed by atoms with Gasteiger partial charge >= 0.3 is 5.97 Å². The molecule has 11 heteroatoms. The molecule has 0 fully saturated rings. The van der Waals surface area contributed by atoms with Crippen molar-refractivity contribution < 1.29 is 23.1 Å². The number of carboxylic acid groups (broad SMARTS) is 1. The standard InChI is InChI=1S/C17H17ClN4O5S/c1-10(2)16-19-20-17-12(4-3-7-22(16)17)21-28(25,26)14-8-11(18)5-6-13(14)27-9-15(23)24/h3-8,10,21H,9H2,1-2H3,(H,23,24). The van der Waals surface area contributed by atoms with Crippen molar-refractivity contribution in [1.29, 1.82) is 0 Å². The van der Waals surface area contributed by atoms with Gasteiger partial charge in [-0.2, -0.15) is 0 Å². The van der Waals surface area contributed by atoms with Crippen molar-refractivity contribution in [2.45, 2.75) is 24.7 Å². The van der Waals surface area contributed by atoms with Crippen molar-refractivity contribution >= 4 is 38.9 Å². The molecule has 2 aromatic heterocycles. The maximum Gasteiger partial charge on any atom is 0.341 e. The number of benzene rings is 1. The molecule has 2 heterocycles. The highest BCUT2D eigenvalue weighted by atomic mass is 35.5. The monoisotopic (exact) mass is 424 g/mol. The number of sulfonamides is 1. The van der Waals surface area contributed by atoms with E-state index in [9.17, 15) is 13.2 Å². The zero-order chi connectivity index (χ0) is 20.5. The summed E-state index contributed by atoms with van der Waals surface area (Å²) in [5, 5.41) is 17.1. The van der Waals surface area contributed by atoms with Gasteiger partial charge in [-0.05, 0) is 30.3 Å². The van der Waals surface area contributed by atoms with Crippen molar-refractivity contribution in [3.63, 3.8) is 0 Å². The summed E-state index contributed by atoms with van der Waals surface area (Å²) in [4.78, 5) is 10.5. The second kappa shape index (κ2) is 7.64. The molecule has 0 bridgehead atoms. The van der Waals surface area contributed by atoms with E-state index in [2.05, 4.69) is 14.9 Å². The number of aromatic nitrogens is 3. The van der Waals surface area contributed by atoms with Crippen LogP contribution < -0.4 is 9.46 Å². The van der Waals surface area contributed by atoms with E-state index < -0.39 is 22.6 Å². The number of nitrogens with one attached hydrogen (secondary N) is 1. The SMILES string of the molecule is CC(C)c1nnc2c(NS(=O)(=O)c3cc(Cl)ccc3OCC(=O)O)cccn12. The average molecular weight is 425 g/mol. The first-order valence-corrected chi connectivity index (χ1v) is 10.1. The van der Waals surface area contributed by atoms with E-state index in [1.165, 1.54) is 18.2 Å². The third-order valence-electron chi connectivity index (χ3n) is 3.77. The highest BCUT2D eigenvalue weighted by molar-refractivity contribution is 7.92. The topological polar surface area (TPSA) is 123 Å². The summed E-state index contributed by atoms with van der Waals surface area (Å²) in [5.74, 6) is -0.591. The molecule has 3 aromatic rings. The molecule has 0 saturated heterocycles. The Morgan fingerprint density at radius 3 is 2.75 bits per heavy atom. The van der Waals surface area contributed by atoms with Crippen molar-refractivity contribution in [2.24, 2.45) is 0 Å². The van der Waals surface area contributed by atoms with Crippen LogP contribution in [0, 0.1) is 0 Å². The maximum atomic E-state index is 12.9. The normalized spacial score (nSPS) is 11.7. The fourth-order valence-electron chi connectivity index (χ4n) is 2.56. The van der Waals surface area contributed by atoms with Gasteiger partial charge in [-0.1, -0.05) is 25.4 Å². The van der Waals surface area contributed by atoms with E-state index in [1.807, 2.05) is 13.8 Å². The molecule has 28 heavy (non-hydrogen) atoms. The first kappa shape index (κ1) is 19.9. The van der Waals surface area contributed by atoms with Crippen LogP contribution in [-0.4, -0.2) is 40.7 Å². The second-order valence-electron chi connectivity index (χ2n) is 6.21. The van der Waals surface area contributed by atoms with Gasteiger partial charge in [0.1, 0.15) is 16.5 Å². The van der Waals surface area contributed by atoms with Crippen LogP contribution in [0.4, 0.5) is 5.69 Å². The minimum absolute atomic E-state index is 0.0887. The van der Waals surface area contributed by atoms with E-state index in [0.29, 0.717) is 11.5 Å². The molecule has 0 saturated carbocycles. The van der Waals surface area contributed by atoms with E-state index in [-0.39, 0.29) is 27.3 Å². The summed E-state index contributed by atoms with van der Waals surface area (Å²) in [6, 6.07) is 7.11. The van der Waals surface area contributed by atoms with Gasteiger partial charge in [0.15, 0.2) is 12.3 Å². The lowest BCUT2D eigenvalue weighted by molar-refractivity contribution is -0.139. The van der Waals surface area contributed by atoms with Crippen LogP contribution in [0.25, 0.3) is 5.65 Å². The zero-order valence-electron chi connectivity index (χ0n) is 15.0. The molecule has 1 aromatic carbocycles. The first-order chi connectivity index (χ1) is 13.2. The third kappa shape index (κ3) is 4.02. The van der Waals surface area contributed by atoms with Gasteiger partial charge < -0.3 is 9.84 Å². The number of nitrogens with zero attached hydrogens (tertiary/aromatic N) is 3. The lowest BCUT2D eigenvalue weighted by atomic mass is 10.2. The number of halogens is 1. The Balaban J connectivity index is 2.02. The summed E-state index contributed by atoms with van der Waals surface area (Å²) in [6.07, 6.45) is 1.74. The molecule has 0 aliphatic rings. The van der Waals surface area contributed by atoms with Gasteiger partial charge in [0.2, 0.25) is 0 Å². The number of ether oxygens (including phenoxy) is 1. The molecule has 0 unspecified atom stereocenters. The Hall–Kier alpha value is -2.85. The molecule has 0 radical (unpaired) electrons. The molecule has 0 amide bonds. The molecule has 9 nitrogen and oxygen atoms in total. The predicted octanol–water partition coefficient (Wildman–Crippen LogP) is 2.77. The number of carbonyl (C=O) groups is 1. The smallest absolute Gasteiger partial charge is 0.341 e. The summed E-state index contributed by atoms with van der Waals surface area (Å²) in [7, 11) is -4.15. The summed E-state index contributed by atoms with van der Waals surface area (Å²) in [5.41, 5.74) is 0.552. The number of pyridine rings is 1. The molecule has 0 aliphatic heterocycles. The van der Waals surface area contributed by atoms with Gasteiger partial charge in [0, 0.05) is 17.1 Å². The summed E-state index contributed by atoms with van der Waals surface area (Å²) < 4.78 is 35.1. The summed E-state index contributed by atoms with van der Waals surface area (Å²) in [6.45, 7) is 3.21. The van der Waals surface area contributed by atoms with Crippen LogP contribution in [0.5, 0.6) is 5.75 Å². The molecular weight excluding hydrogens is 408 g/mol. The third-order valence-corrected chi connectivity index (χ3v) is 5.39. The highest BCUT2D eigenvalue weighted by Gasteiger charge is 2.23. The van der Waals surface area contributed by atoms with E-state index >= 15 is 0 Å². The average Bonchev–Trinajstić information content (AvgIpc) is 3.05. The van der Waals surface area contributed by atoms with Crippen molar-refractivity contribution in [3.05, 3.63) is 47.4 Å². The molecule has 0 spiro atoms. The Bertz CT molecular complexity index is 1140. The Morgan fingerprint density at radius 2 is 2.07 bits per heavy atom. The fourth-order valence-corrected chi connectivity index (χ4v) is 4.03. The van der Waals surface area contributed by atoms with Crippen molar-refractivity contribution in [2.75, 3.05) is 11.3 Å². The Morgan fingerprint density at radius 1 is 1.32 bits per heavy atom. The fraction of sp³-hybridized carbons (Fsp3) is 0.235. The van der Waals surface area contributed by atoms with Gasteiger partial charge in [-0.3, -0.25) is 9.12 Å². The largest absolute Gasteiger partial charge is 0.480 e. The number of hydrogen-bond donors (Lipinski definition) is 2. The van der Waals surface area contributed by atoms with Crippen molar-refractivity contribution in [1.82, 2.24) is 14.6 Å². The number of anilines is 1. The minimum atomic E-state index is -4.15. The Kier molecular flexibility index (Phi) is 5.43. The number of carboxylic acids is 1. The zero-order valence-corrected chi connectivity index (χ0v) is 16.5. The van der Waals surface area contributed by atoms with Crippen LogP contribution in [0.3, 0.4) is 0 Å². The number of hydrogen-bond acceptors (Lipinski definition) is 6. The van der Waals surface area contributed by atoms with Crippen LogP contribution in [0.15, 0.2) is 41.4 Å². The minimum Gasteiger partial charge on any atom is -0.480 e. The molecule has 148 valence electrons. The van der Waals surface area contributed by atoms with E-state index in [4.69, 9.17) is 21.4 Å². The molecule has 0 atom stereocenters. The molecular formula is C17H17ClN4O5S. The van der Waals surface area contributed by atoms with Gasteiger partial charge in [-0.15, -0.1) is 10.2 Å². The van der Waals surface area contributed by atoms with Gasteiger partial charge in [0.25, 0.3) is 10.0 Å². The Labute approximate surface area is 166 Å². The van der Waals surface area contributed by atoms with Crippen molar-refractivity contribution in [3.8, 4) is 5.75 Å². The molecule has 0 aliphatic carbocycles. The number of aliphatic carboxylic acids is 1. The van der Waals surface area contributed by atoms with Gasteiger partial charge in [-0.25, -0.2) is 13.2 Å². The molecule has 3 rings (SSSR count).